The first-order chi connectivity index (χ1) is 11.7. The third-order valence-corrected chi connectivity index (χ3v) is 4.39. The van der Waals surface area contributed by atoms with Crippen LogP contribution in [-0.4, -0.2) is 13.0 Å². The predicted octanol–water partition coefficient (Wildman–Crippen LogP) is 3.88. The molecule has 1 fully saturated rings. The molecule has 0 radical (unpaired) electrons. The van der Waals surface area contributed by atoms with Crippen molar-refractivity contribution in [2.24, 2.45) is 5.92 Å². The Bertz CT molecular complexity index is 732. The first-order valence-electron chi connectivity index (χ1n) is 8.28. The first-order valence-corrected chi connectivity index (χ1v) is 8.28. The van der Waals surface area contributed by atoms with E-state index in [1.807, 2.05) is 36.4 Å². The highest BCUT2D eigenvalue weighted by atomic mass is 16.5. The molecule has 1 saturated carbocycles. The van der Waals surface area contributed by atoms with Gasteiger partial charge in [-0.05, 0) is 41.7 Å². The van der Waals surface area contributed by atoms with E-state index in [1.165, 1.54) is 12.5 Å². The molecular formula is C20H23NO3. The second-order valence-corrected chi connectivity index (χ2v) is 6.31. The molecule has 1 aromatic carbocycles. The normalized spacial score (nSPS) is 19.6. The Morgan fingerprint density at radius 2 is 2.04 bits per heavy atom. The number of amides is 1. The van der Waals surface area contributed by atoms with Crippen molar-refractivity contribution in [2.45, 2.75) is 32.4 Å². The molecule has 2 aromatic rings. The number of furan rings is 1. The van der Waals surface area contributed by atoms with Crippen molar-refractivity contribution in [1.82, 2.24) is 5.32 Å². The zero-order valence-corrected chi connectivity index (χ0v) is 14.1. The van der Waals surface area contributed by atoms with E-state index in [-0.39, 0.29) is 5.91 Å². The summed E-state index contributed by atoms with van der Waals surface area (Å²) in [6.45, 7) is 3.24. The molecule has 0 bridgehead atoms. The molecule has 1 N–H and O–H groups in total. The van der Waals surface area contributed by atoms with Gasteiger partial charge in [-0.3, -0.25) is 4.79 Å². The number of carbonyl (C=O) groups excluding carboxylic acids is 1. The summed E-state index contributed by atoms with van der Waals surface area (Å²) in [7, 11) is 1.66. The van der Waals surface area contributed by atoms with Crippen molar-refractivity contribution < 1.29 is 13.9 Å². The minimum Gasteiger partial charge on any atom is -0.461 e. The average Bonchev–Trinajstić information content (AvgIpc) is 3.13. The summed E-state index contributed by atoms with van der Waals surface area (Å²) in [5, 5.41) is 2.89. The van der Waals surface area contributed by atoms with E-state index in [0.29, 0.717) is 25.0 Å². The van der Waals surface area contributed by atoms with E-state index in [1.54, 1.807) is 13.2 Å². The van der Waals surface area contributed by atoms with Crippen LogP contribution in [0.4, 0.5) is 0 Å². The Hall–Kier alpha value is -2.33. The molecule has 1 heterocycles. The number of ether oxygens (including phenoxy) is 1. The largest absolute Gasteiger partial charge is 0.461 e. The molecule has 1 amide bonds. The molecule has 24 heavy (non-hydrogen) atoms. The van der Waals surface area contributed by atoms with Crippen LogP contribution in [0.2, 0.25) is 0 Å². The topological polar surface area (TPSA) is 51.5 Å². The van der Waals surface area contributed by atoms with Crippen LogP contribution in [0.5, 0.6) is 0 Å². The molecule has 3 rings (SSSR count). The third-order valence-electron chi connectivity index (χ3n) is 4.39. The van der Waals surface area contributed by atoms with E-state index in [0.717, 1.165) is 22.6 Å². The van der Waals surface area contributed by atoms with Crippen molar-refractivity contribution in [3.63, 3.8) is 0 Å². The lowest BCUT2D eigenvalue weighted by Crippen LogP contribution is -2.21. The quantitative estimate of drug-likeness (QED) is 0.786. The maximum atomic E-state index is 12.0. The van der Waals surface area contributed by atoms with Crippen LogP contribution in [0.3, 0.4) is 0 Å². The number of rotatable bonds is 7. The SMILES string of the molecule is COCc1ccccc1CNC(=O)/C=C/c1ccc([C@@H]2C[C@@H]2C)o1. The molecule has 1 aliphatic rings. The molecule has 4 nitrogen and oxygen atoms in total. The van der Waals surface area contributed by atoms with Crippen LogP contribution in [-0.2, 0) is 22.7 Å². The van der Waals surface area contributed by atoms with Gasteiger partial charge in [0.15, 0.2) is 0 Å². The lowest BCUT2D eigenvalue weighted by atomic mass is 10.1. The molecule has 0 saturated heterocycles. The highest BCUT2D eigenvalue weighted by Gasteiger charge is 2.36. The molecule has 1 aliphatic carbocycles. The Balaban J connectivity index is 1.53. The van der Waals surface area contributed by atoms with Crippen LogP contribution >= 0.6 is 0 Å². The van der Waals surface area contributed by atoms with E-state index >= 15 is 0 Å². The predicted molar refractivity (Wildman–Crippen MR) is 93.3 cm³/mol. The van der Waals surface area contributed by atoms with Crippen LogP contribution in [0, 0.1) is 5.92 Å². The van der Waals surface area contributed by atoms with Crippen molar-refractivity contribution in [2.75, 3.05) is 7.11 Å². The molecule has 0 spiro atoms. The standard InChI is InChI=1S/C20H23NO3/c1-14-11-18(14)19-9-7-17(24-19)8-10-20(22)21-12-15-5-3-4-6-16(15)13-23-2/h3-10,14,18H,11-13H2,1-2H3,(H,21,22)/b10-8+/t14-,18+/m0/s1. The fourth-order valence-corrected chi connectivity index (χ4v) is 2.80. The van der Waals surface area contributed by atoms with E-state index in [9.17, 15) is 4.79 Å². The lowest BCUT2D eigenvalue weighted by molar-refractivity contribution is -0.116. The van der Waals surface area contributed by atoms with Gasteiger partial charge in [-0.25, -0.2) is 0 Å². The van der Waals surface area contributed by atoms with Crippen LogP contribution in [0.25, 0.3) is 6.08 Å². The maximum Gasteiger partial charge on any atom is 0.244 e. The Morgan fingerprint density at radius 3 is 2.75 bits per heavy atom. The van der Waals surface area contributed by atoms with E-state index in [4.69, 9.17) is 9.15 Å². The summed E-state index contributed by atoms with van der Waals surface area (Å²) in [4.78, 5) is 12.0. The number of benzene rings is 1. The van der Waals surface area contributed by atoms with Gasteiger partial charge in [-0.1, -0.05) is 31.2 Å². The van der Waals surface area contributed by atoms with Crippen molar-refractivity contribution in [3.8, 4) is 0 Å². The number of nitrogens with one attached hydrogen (secondary N) is 1. The molecule has 1 aromatic heterocycles. The summed E-state index contributed by atoms with van der Waals surface area (Å²) in [6.07, 6.45) is 4.42. The van der Waals surface area contributed by atoms with Gasteiger partial charge in [0.2, 0.25) is 5.91 Å². The first kappa shape index (κ1) is 16.5. The van der Waals surface area contributed by atoms with Gasteiger partial charge in [-0.15, -0.1) is 0 Å². The number of hydrogen-bond acceptors (Lipinski definition) is 3. The van der Waals surface area contributed by atoms with Gasteiger partial charge in [0.05, 0.1) is 6.61 Å². The fourth-order valence-electron chi connectivity index (χ4n) is 2.80. The Kier molecular flexibility index (Phi) is 5.16. The summed E-state index contributed by atoms with van der Waals surface area (Å²) < 4.78 is 10.9. The second kappa shape index (κ2) is 7.49. The zero-order valence-electron chi connectivity index (χ0n) is 14.1. The number of hydrogen-bond donors (Lipinski definition) is 1. The molecule has 2 atom stereocenters. The minimum atomic E-state index is -0.139. The Labute approximate surface area is 142 Å². The van der Waals surface area contributed by atoms with Crippen LogP contribution in [0.1, 0.15) is 41.9 Å². The molecular weight excluding hydrogens is 302 g/mol. The molecule has 0 unspecified atom stereocenters. The van der Waals surface area contributed by atoms with Gasteiger partial charge in [0.25, 0.3) is 0 Å². The molecule has 126 valence electrons. The second-order valence-electron chi connectivity index (χ2n) is 6.31. The van der Waals surface area contributed by atoms with Gasteiger partial charge in [0.1, 0.15) is 11.5 Å². The highest BCUT2D eigenvalue weighted by molar-refractivity contribution is 5.91. The van der Waals surface area contributed by atoms with Crippen molar-refractivity contribution in [3.05, 3.63) is 65.1 Å². The monoisotopic (exact) mass is 325 g/mol. The van der Waals surface area contributed by atoms with Gasteiger partial charge >= 0.3 is 0 Å². The Morgan fingerprint density at radius 1 is 1.29 bits per heavy atom. The number of carbonyl (C=O) groups is 1. The molecule has 4 heteroatoms. The van der Waals surface area contributed by atoms with E-state index in [2.05, 4.69) is 12.2 Å². The summed E-state index contributed by atoms with van der Waals surface area (Å²) in [6, 6.07) is 11.8. The van der Waals surface area contributed by atoms with Crippen molar-refractivity contribution >= 4 is 12.0 Å². The van der Waals surface area contributed by atoms with Gasteiger partial charge < -0.3 is 14.5 Å². The molecule has 0 aliphatic heterocycles. The lowest BCUT2D eigenvalue weighted by Gasteiger charge is -2.08. The number of methoxy groups -OCH3 is 1. The average molecular weight is 325 g/mol. The van der Waals surface area contributed by atoms with Crippen molar-refractivity contribution in [1.29, 1.82) is 0 Å². The summed E-state index contributed by atoms with van der Waals surface area (Å²) >= 11 is 0. The smallest absolute Gasteiger partial charge is 0.244 e. The highest BCUT2D eigenvalue weighted by Crippen LogP contribution is 2.47. The maximum absolute atomic E-state index is 12.0. The fraction of sp³-hybridized carbons (Fsp3) is 0.350. The van der Waals surface area contributed by atoms with Gasteiger partial charge in [0, 0.05) is 25.6 Å². The van der Waals surface area contributed by atoms with E-state index < -0.39 is 0 Å². The third kappa shape index (κ3) is 4.15. The summed E-state index contributed by atoms with van der Waals surface area (Å²) in [5.41, 5.74) is 2.14. The van der Waals surface area contributed by atoms with Gasteiger partial charge in [-0.2, -0.15) is 0 Å². The zero-order chi connectivity index (χ0) is 16.9. The summed E-state index contributed by atoms with van der Waals surface area (Å²) in [5.74, 6) is 2.87. The van der Waals surface area contributed by atoms with Crippen LogP contribution in [0.15, 0.2) is 46.9 Å². The minimum absolute atomic E-state index is 0.139. The van der Waals surface area contributed by atoms with Crippen LogP contribution < -0.4 is 5.32 Å².